The van der Waals surface area contributed by atoms with E-state index in [-0.39, 0.29) is 17.9 Å². The SMILES string of the molecule is CC(NC(C)C(Cc1ccc(Cl)cc1)c1cccc(C#N)c1)C(=O)Oc1ccccc1. The highest BCUT2D eigenvalue weighted by molar-refractivity contribution is 6.30. The van der Waals surface area contributed by atoms with Gasteiger partial charge in [-0.05, 0) is 67.8 Å². The Kier molecular flexibility index (Phi) is 7.83. The highest BCUT2D eigenvalue weighted by Gasteiger charge is 2.25. The molecular weight excluding hydrogens is 408 g/mol. The van der Waals surface area contributed by atoms with Gasteiger partial charge >= 0.3 is 5.97 Å². The molecule has 3 aromatic carbocycles. The second-order valence-corrected chi connectivity index (χ2v) is 8.02. The number of nitrogens with zero attached hydrogens (tertiary/aromatic N) is 1. The van der Waals surface area contributed by atoms with Crippen LogP contribution in [0.25, 0.3) is 0 Å². The summed E-state index contributed by atoms with van der Waals surface area (Å²) in [5.41, 5.74) is 2.78. The molecule has 0 bridgehead atoms. The van der Waals surface area contributed by atoms with Crippen LogP contribution in [0.2, 0.25) is 5.02 Å². The lowest BCUT2D eigenvalue weighted by Crippen LogP contribution is -2.45. The van der Waals surface area contributed by atoms with Crippen LogP contribution in [0, 0.1) is 11.3 Å². The fourth-order valence-electron chi connectivity index (χ4n) is 3.57. The van der Waals surface area contributed by atoms with E-state index >= 15 is 0 Å². The van der Waals surface area contributed by atoms with Gasteiger partial charge in [-0.1, -0.05) is 54.1 Å². The highest BCUT2D eigenvalue weighted by Crippen LogP contribution is 2.26. The van der Waals surface area contributed by atoms with Crippen LogP contribution in [0.4, 0.5) is 0 Å². The molecule has 0 aliphatic carbocycles. The number of hydrogen-bond acceptors (Lipinski definition) is 4. The molecule has 1 N–H and O–H groups in total. The first-order valence-electron chi connectivity index (χ1n) is 10.2. The Labute approximate surface area is 188 Å². The number of hydrogen-bond donors (Lipinski definition) is 1. The third-order valence-electron chi connectivity index (χ3n) is 5.24. The van der Waals surface area contributed by atoms with Crippen molar-refractivity contribution in [2.75, 3.05) is 0 Å². The predicted molar refractivity (Wildman–Crippen MR) is 123 cm³/mol. The van der Waals surface area contributed by atoms with E-state index in [4.69, 9.17) is 16.3 Å². The zero-order chi connectivity index (χ0) is 22.2. The fourth-order valence-corrected chi connectivity index (χ4v) is 3.69. The Morgan fingerprint density at radius 2 is 1.74 bits per heavy atom. The molecule has 0 aliphatic heterocycles. The third kappa shape index (κ3) is 6.42. The summed E-state index contributed by atoms with van der Waals surface area (Å²) in [7, 11) is 0. The zero-order valence-electron chi connectivity index (χ0n) is 17.6. The number of carbonyl (C=O) groups is 1. The van der Waals surface area contributed by atoms with Crippen LogP contribution < -0.4 is 10.1 Å². The lowest BCUT2D eigenvalue weighted by molar-refractivity contribution is -0.136. The first kappa shape index (κ1) is 22.6. The first-order chi connectivity index (χ1) is 15.0. The molecule has 0 radical (unpaired) electrons. The number of halogens is 1. The number of para-hydroxylation sites is 1. The first-order valence-corrected chi connectivity index (χ1v) is 10.6. The van der Waals surface area contributed by atoms with E-state index in [1.54, 1.807) is 25.1 Å². The van der Waals surface area contributed by atoms with Gasteiger partial charge in [0.2, 0.25) is 0 Å². The minimum Gasteiger partial charge on any atom is -0.425 e. The Bertz CT molecular complexity index is 1050. The molecule has 0 heterocycles. The maximum absolute atomic E-state index is 12.6. The minimum absolute atomic E-state index is 0.0430. The van der Waals surface area contributed by atoms with Crippen LogP contribution in [-0.4, -0.2) is 18.1 Å². The molecule has 3 unspecified atom stereocenters. The molecule has 3 rings (SSSR count). The smallest absolute Gasteiger partial charge is 0.328 e. The van der Waals surface area contributed by atoms with E-state index in [0.717, 1.165) is 17.5 Å². The summed E-state index contributed by atoms with van der Waals surface area (Å²) in [4.78, 5) is 12.6. The molecule has 0 fully saturated rings. The van der Waals surface area contributed by atoms with Crippen LogP contribution in [0.3, 0.4) is 0 Å². The van der Waals surface area contributed by atoms with E-state index < -0.39 is 6.04 Å². The average Bonchev–Trinajstić information content (AvgIpc) is 2.79. The Balaban J connectivity index is 1.77. The van der Waals surface area contributed by atoms with Crippen LogP contribution in [-0.2, 0) is 11.2 Å². The van der Waals surface area contributed by atoms with Gasteiger partial charge in [-0.15, -0.1) is 0 Å². The van der Waals surface area contributed by atoms with E-state index in [1.807, 2.05) is 67.6 Å². The summed E-state index contributed by atoms with van der Waals surface area (Å²) in [6.45, 7) is 3.85. The van der Waals surface area contributed by atoms with Crippen molar-refractivity contribution in [3.05, 3.63) is 101 Å². The molecule has 0 saturated heterocycles. The normalized spacial score (nSPS) is 13.6. The van der Waals surface area contributed by atoms with Crippen LogP contribution in [0.1, 0.15) is 36.5 Å². The molecule has 0 saturated carbocycles. The predicted octanol–water partition coefficient (Wildman–Crippen LogP) is 5.51. The number of carbonyl (C=O) groups excluding carboxylic acids is 1. The van der Waals surface area contributed by atoms with Gasteiger partial charge in [-0.25, -0.2) is 4.79 Å². The Hall–Kier alpha value is -3.13. The van der Waals surface area contributed by atoms with Gasteiger partial charge in [0.15, 0.2) is 0 Å². The monoisotopic (exact) mass is 432 g/mol. The highest BCUT2D eigenvalue weighted by atomic mass is 35.5. The minimum atomic E-state index is -0.498. The van der Waals surface area contributed by atoms with Gasteiger partial charge in [0.1, 0.15) is 11.8 Å². The molecule has 0 amide bonds. The molecule has 3 atom stereocenters. The summed E-state index contributed by atoms with van der Waals surface area (Å²) in [5, 5.41) is 13.4. The molecule has 4 nitrogen and oxygen atoms in total. The maximum Gasteiger partial charge on any atom is 0.328 e. The zero-order valence-corrected chi connectivity index (χ0v) is 18.3. The Morgan fingerprint density at radius 3 is 2.42 bits per heavy atom. The van der Waals surface area contributed by atoms with E-state index in [9.17, 15) is 10.1 Å². The topological polar surface area (TPSA) is 62.1 Å². The van der Waals surface area contributed by atoms with Crippen molar-refractivity contribution in [2.24, 2.45) is 0 Å². The summed E-state index contributed by atoms with van der Waals surface area (Å²) >= 11 is 6.04. The summed E-state index contributed by atoms with van der Waals surface area (Å²) < 4.78 is 5.47. The van der Waals surface area contributed by atoms with Crippen molar-refractivity contribution in [3.8, 4) is 11.8 Å². The number of nitrogens with one attached hydrogen (secondary N) is 1. The number of nitriles is 1. The quantitative estimate of drug-likeness (QED) is 0.376. The van der Waals surface area contributed by atoms with E-state index in [1.165, 1.54) is 0 Å². The van der Waals surface area contributed by atoms with Gasteiger partial charge in [0, 0.05) is 17.0 Å². The number of rotatable bonds is 8. The molecular formula is C26H25ClN2O2. The largest absolute Gasteiger partial charge is 0.425 e. The van der Waals surface area contributed by atoms with Crippen LogP contribution in [0.5, 0.6) is 5.75 Å². The molecule has 31 heavy (non-hydrogen) atoms. The van der Waals surface area contributed by atoms with Crippen LogP contribution >= 0.6 is 11.6 Å². The molecule has 5 heteroatoms. The molecule has 0 aromatic heterocycles. The summed E-state index contributed by atoms with van der Waals surface area (Å²) in [5.74, 6) is 0.226. The van der Waals surface area contributed by atoms with Crippen molar-refractivity contribution in [1.29, 1.82) is 5.26 Å². The van der Waals surface area contributed by atoms with Crippen molar-refractivity contribution in [1.82, 2.24) is 5.32 Å². The summed E-state index contributed by atoms with van der Waals surface area (Å²) in [6.07, 6.45) is 0.737. The Morgan fingerprint density at radius 1 is 1.03 bits per heavy atom. The number of esters is 1. The number of benzene rings is 3. The van der Waals surface area contributed by atoms with Gasteiger partial charge in [0.05, 0.1) is 11.6 Å². The lowest BCUT2D eigenvalue weighted by Gasteiger charge is -2.28. The van der Waals surface area contributed by atoms with E-state index in [2.05, 4.69) is 11.4 Å². The van der Waals surface area contributed by atoms with Crippen molar-refractivity contribution < 1.29 is 9.53 Å². The van der Waals surface area contributed by atoms with Crippen molar-refractivity contribution in [3.63, 3.8) is 0 Å². The van der Waals surface area contributed by atoms with Gasteiger partial charge < -0.3 is 10.1 Å². The van der Waals surface area contributed by atoms with Crippen molar-refractivity contribution in [2.45, 2.75) is 38.3 Å². The van der Waals surface area contributed by atoms with Gasteiger partial charge in [-0.2, -0.15) is 5.26 Å². The standard InChI is InChI=1S/C26H25ClN2O2/c1-18(29-19(2)26(30)31-24-9-4-3-5-10-24)25(16-20-11-13-23(27)14-12-20)22-8-6-7-21(15-22)17-28/h3-15,18-19,25,29H,16H2,1-2H3. The molecule has 0 spiro atoms. The van der Waals surface area contributed by atoms with Gasteiger partial charge in [0.25, 0.3) is 0 Å². The van der Waals surface area contributed by atoms with Gasteiger partial charge in [-0.3, -0.25) is 0 Å². The van der Waals surface area contributed by atoms with Crippen LogP contribution in [0.15, 0.2) is 78.9 Å². The lowest BCUT2D eigenvalue weighted by atomic mass is 9.85. The molecule has 158 valence electrons. The second kappa shape index (κ2) is 10.8. The molecule has 3 aromatic rings. The average molecular weight is 433 g/mol. The third-order valence-corrected chi connectivity index (χ3v) is 5.50. The fraction of sp³-hybridized carbons (Fsp3) is 0.231. The molecule has 0 aliphatic rings. The summed E-state index contributed by atoms with van der Waals surface area (Å²) in [6, 6.07) is 26.1. The number of ether oxygens (including phenoxy) is 1. The van der Waals surface area contributed by atoms with Crippen molar-refractivity contribution >= 4 is 17.6 Å². The maximum atomic E-state index is 12.6. The second-order valence-electron chi connectivity index (χ2n) is 7.59. The van der Waals surface area contributed by atoms with E-state index in [0.29, 0.717) is 16.3 Å².